The van der Waals surface area contributed by atoms with Crippen LogP contribution in [-0.4, -0.2) is 42.2 Å². The van der Waals surface area contributed by atoms with Crippen molar-refractivity contribution in [2.45, 2.75) is 11.6 Å². The number of carbonyl (C=O) groups excluding carboxylic acids is 1. The Morgan fingerprint density at radius 1 is 0.674 bits per heavy atom. The highest BCUT2D eigenvalue weighted by Gasteiger charge is 2.69. The molecule has 5 aromatic rings. The van der Waals surface area contributed by atoms with Crippen LogP contribution in [0, 0.1) is 29.1 Å². The van der Waals surface area contributed by atoms with Gasteiger partial charge in [0.2, 0.25) is 11.6 Å². The summed E-state index contributed by atoms with van der Waals surface area (Å²) in [5.41, 5.74) is -0.638. The number of ether oxygens (including phenoxy) is 4. The zero-order valence-corrected chi connectivity index (χ0v) is 24.4. The van der Waals surface area contributed by atoms with Gasteiger partial charge in [0, 0.05) is 0 Å². The predicted octanol–water partition coefficient (Wildman–Crippen LogP) is 7.06. The summed E-state index contributed by atoms with van der Waals surface area (Å²) >= 11 is 5.00. The van der Waals surface area contributed by atoms with Gasteiger partial charge in [0.05, 0.1) is 50.8 Å². The molecule has 0 radical (unpaired) electrons. The van der Waals surface area contributed by atoms with Crippen LogP contribution in [0.4, 0.5) is 22.0 Å². The number of rotatable bonds is 4. The van der Waals surface area contributed by atoms with E-state index in [4.69, 9.17) is 28.9 Å². The average molecular weight is 669 g/mol. The number of carbonyl (C=O) groups is 1. The normalized spacial score (nSPS) is 18.1. The maximum absolute atomic E-state index is 14.4. The molecule has 6 heterocycles. The molecule has 2 aliphatic heterocycles. The average Bonchev–Trinajstić information content (AvgIpc) is 3.82. The molecule has 7 nitrogen and oxygen atoms in total. The van der Waals surface area contributed by atoms with E-state index in [2.05, 4.69) is 0 Å². The lowest BCUT2D eigenvalue weighted by Crippen LogP contribution is -2.53. The largest absolute Gasteiger partial charge is 0.338 e. The molecule has 220 valence electrons. The van der Waals surface area contributed by atoms with Gasteiger partial charge in [0.1, 0.15) is 27.0 Å². The molecule has 0 atom stereocenters. The first-order valence-electron chi connectivity index (χ1n) is 12.5. The predicted molar refractivity (Wildman–Crippen MR) is 147 cm³/mol. The fourth-order valence-electron chi connectivity index (χ4n) is 5.30. The van der Waals surface area contributed by atoms with Crippen LogP contribution >= 0.6 is 45.3 Å². The van der Waals surface area contributed by atoms with Gasteiger partial charge in [-0.25, -0.2) is 31.9 Å². The van der Waals surface area contributed by atoms with E-state index >= 15 is 0 Å². The van der Waals surface area contributed by atoms with Crippen LogP contribution in [0.3, 0.4) is 0 Å². The van der Waals surface area contributed by atoms with E-state index in [-0.39, 0.29) is 31.3 Å². The standard InChI is InChI=1S/C27H13F5N2O5S4/c28-14-13(15(29)17(31)18(32)16(14)30)19(35)10-3-4-12(41-10)25-34-23-21(43-25)20-22(33-24(42-20)11-2-1-9-40-11)26(36-5-6-37-26)27(23)38-7-8-39-27/h1-4,9H,5-8H2. The third-order valence-corrected chi connectivity index (χ3v) is 11.7. The lowest BCUT2D eigenvalue weighted by atomic mass is 9.90. The molecule has 2 saturated heterocycles. The number of benzene rings is 1. The summed E-state index contributed by atoms with van der Waals surface area (Å²) in [5, 5.41) is 3.08. The van der Waals surface area contributed by atoms with Crippen molar-refractivity contribution >= 4 is 51.1 Å². The fraction of sp³-hybridized carbons (Fsp3) is 0.222. The van der Waals surface area contributed by atoms with E-state index in [0.717, 1.165) is 26.1 Å². The van der Waals surface area contributed by atoms with Gasteiger partial charge in [-0.1, -0.05) is 6.07 Å². The maximum Gasteiger partial charge on any atom is 0.276 e. The minimum Gasteiger partial charge on any atom is -0.338 e. The number of aromatic nitrogens is 2. The molecular formula is C27H13F5N2O5S4. The van der Waals surface area contributed by atoms with Crippen molar-refractivity contribution in [3.05, 3.63) is 80.6 Å². The first kappa shape index (κ1) is 27.6. The highest BCUT2D eigenvalue weighted by molar-refractivity contribution is 7.28. The van der Waals surface area contributed by atoms with Crippen LogP contribution in [0.25, 0.3) is 29.5 Å². The Morgan fingerprint density at radius 3 is 1.70 bits per heavy atom. The molecule has 0 unspecified atom stereocenters. The molecule has 4 aromatic heterocycles. The summed E-state index contributed by atoms with van der Waals surface area (Å²) in [4.78, 5) is 25.3. The van der Waals surface area contributed by atoms with Gasteiger partial charge in [0.25, 0.3) is 11.6 Å². The van der Waals surface area contributed by atoms with Gasteiger partial charge in [-0.15, -0.1) is 45.3 Å². The third kappa shape index (κ3) is 3.72. The van der Waals surface area contributed by atoms with Crippen LogP contribution in [0.15, 0.2) is 29.6 Å². The van der Waals surface area contributed by atoms with Crippen molar-refractivity contribution in [2.75, 3.05) is 26.4 Å². The van der Waals surface area contributed by atoms with Crippen molar-refractivity contribution in [1.29, 1.82) is 0 Å². The topological polar surface area (TPSA) is 79.8 Å². The summed E-state index contributed by atoms with van der Waals surface area (Å²) in [5.74, 6) is -15.6. The second-order valence-electron chi connectivity index (χ2n) is 9.44. The Kier molecular flexibility index (Phi) is 6.27. The van der Waals surface area contributed by atoms with Crippen molar-refractivity contribution in [2.24, 2.45) is 0 Å². The third-order valence-electron chi connectivity index (χ3n) is 7.11. The van der Waals surface area contributed by atoms with E-state index in [1.54, 1.807) is 0 Å². The molecule has 0 N–H and O–H groups in total. The van der Waals surface area contributed by atoms with E-state index in [0.29, 0.717) is 26.1 Å². The van der Waals surface area contributed by atoms with Gasteiger partial charge >= 0.3 is 0 Å². The number of thiophene rings is 2. The van der Waals surface area contributed by atoms with Crippen LogP contribution in [0.1, 0.15) is 26.6 Å². The molecule has 2 spiro atoms. The Bertz CT molecular complexity index is 1910. The molecule has 2 fully saturated rings. The first-order chi connectivity index (χ1) is 20.8. The quantitative estimate of drug-likeness (QED) is 0.0878. The van der Waals surface area contributed by atoms with E-state index < -0.39 is 52.0 Å². The van der Waals surface area contributed by atoms with Gasteiger partial charge in [-0.05, 0) is 23.6 Å². The Hall–Kier alpha value is -2.96. The second kappa shape index (κ2) is 9.77. The van der Waals surface area contributed by atoms with E-state index in [9.17, 15) is 26.7 Å². The number of nitrogens with zero attached hydrogens (tertiary/aromatic N) is 2. The number of hydrogen-bond acceptors (Lipinski definition) is 11. The summed E-state index contributed by atoms with van der Waals surface area (Å²) in [6.07, 6.45) is 0. The van der Waals surface area contributed by atoms with E-state index in [1.807, 2.05) is 17.5 Å². The van der Waals surface area contributed by atoms with Crippen molar-refractivity contribution in [3.63, 3.8) is 0 Å². The van der Waals surface area contributed by atoms with Gasteiger partial charge < -0.3 is 18.9 Å². The monoisotopic (exact) mass is 668 g/mol. The number of ketones is 1. The van der Waals surface area contributed by atoms with Gasteiger partial charge in [0.15, 0.2) is 23.3 Å². The highest BCUT2D eigenvalue weighted by Crippen LogP contribution is 2.62. The summed E-state index contributed by atoms with van der Waals surface area (Å²) < 4.78 is 94.8. The van der Waals surface area contributed by atoms with Gasteiger partial charge in [-0.3, -0.25) is 4.79 Å². The zero-order chi connectivity index (χ0) is 29.7. The minimum absolute atomic E-state index is 0.234. The second-order valence-corrected chi connectivity index (χ2v) is 13.5. The highest BCUT2D eigenvalue weighted by atomic mass is 32.1. The Balaban J connectivity index is 1.26. The SMILES string of the molecule is O=C(c1ccc(-c2nc3c(s2)-c2sc(-c4cccs4)nc2C2(OCCO2)C32OCCO2)s1)c1c(F)c(F)c(F)c(F)c1F. The summed E-state index contributed by atoms with van der Waals surface area (Å²) in [6.45, 7) is 0.996. The molecule has 1 aliphatic carbocycles. The van der Waals surface area contributed by atoms with Crippen LogP contribution in [0.2, 0.25) is 0 Å². The van der Waals surface area contributed by atoms with E-state index in [1.165, 1.54) is 46.1 Å². The van der Waals surface area contributed by atoms with Crippen molar-refractivity contribution < 1.29 is 45.7 Å². The van der Waals surface area contributed by atoms with Gasteiger partial charge in [-0.2, -0.15) is 0 Å². The molecule has 3 aliphatic rings. The molecule has 43 heavy (non-hydrogen) atoms. The van der Waals surface area contributed by atoms with Crippen LogP contribution in [-0.2, 0) is 30.5 Å². The fourth-order valence-corrected chi connectivity index (χ4v) is 9.44. The molecule has 16 heteroatoms. The molecule has 0 bridgehead atoms. The Morgan fingerprint density at radius 2 is 1.19 bits per heavy atom. The first-order valence-corrected chi connectivity index (χ1v) is 15.9. The van der Waals surface area contributed by atoms with Crippen LogP contribution < -0.4 is 0 Å². The lowest BCUT2D eigenvalue weighted by Gasteiger charge is -2.42. The minimum atomic E-state index is -2.34. The molecule has 0 saturated carbocycles. The lowest BCUT2D eigenvalue weighted by molar-refractivity contribution is -0.368. The molecular weight excluding hydrogens is 656 g/mol. The maximum atomic E-state index is 14.4. The number of fused-ring (bicyclic) bond motifs is 6. The number of thiazole rings is 2. The van der Waals surface area contributed by atoms with Crippen LogP contribution in [0.5, 0.6) is 0 Å². The molecule has 1 aromatic carbocycles. The number of halogens is 5. The van der Waals surface area contributed by atoms with Crippen molar-refractivity contribution in [3.8, 4) is 29.5 Å². The zero-order valence-electron chi connectivity index (χ0n) is 21.2. The number of hydrogen-bond donors (Lipinski definition) is 0. The Labute approximate surface area is 254 Å². The van der Waals surface area contributed by atoms with Crippen molar-refractivity contribution in [1.82, 2.24) is 9.97 Å². The summed E-state index contributed by atoms with van der Waals surface area (Å²) in [7, 11) is 0. The summed E-state index contributed by atoms with van der Waals surface area (Å²) in [6, 6.07) is 6.60. The molecule has 0 amide bonds. The smallest absolute Gasteiger partial charge is 0.276 e. The molecule has 8 rings (SSSR count).